The molecular formula is C13H18F2N2O. The molecule has 0 heterocycles. The second-order valence-electron chi connectivity index (χ2n) is 4.49. The van der Waals surface area contributed by atoms with Crippen molar-refractivity contribution in [2.24, 2.45) is 5.73 Å². The largest absolute Gasteiger partial charge is 0.345 e. The topological polar surface area (TPSA) is 46.3 Å². The Hall–Kier alpha value is -1.49. The Morgan fingerprint density at radius 3 is 2.67 bits per heavy atom. The van der Waals surface area contributed by atoms with Crippen molar-refractivity contribution in [3.8, 4) is 0 Å². The van der Waals surface area contributed by atoms with E-state index in [1.807, 2.05) is 6.92 Å². The normalized spacial score (nSPS) is 12.3. The standard InChI is InChI=1S/C13H18F2N2O/c1-9(16)5-6-17(2)13(18)7-10-3-4-11(14)8-12(10)15/h3-4,8-9H,5-7,16H2,1-2H3. The fraction of sp³-hybridized carbons (Fsp3) is 0.462. The molecule has 1 aromatic carbocycles. The Bertz CT molecular complexity index is 421. The number of carbonyl (C=O) groups is 1. The summed E-state index contributed by atoms with van der Waals surface area (Å²) in [6.45, 7) is 2.39. The monoisotopic (exact) mass is 256 g/mol. The highest BCUT2D eigenvalue weighted by molar-refractivity contribution is 5.78. The molecule has 0 aliphatic carbocycles. The van der Waals surface area contributed by atoms with Gasteiger partial charge < -0.3 is 10.6 Å². The van der Waals surface area contributed by atoms with E-state index >= 15 is 0 Å². The van der Waals surface area contributed by atoms with Gasteiger partial charge in [-0.3, -0.25) is 4.79 Å². The third-order valence-corrected chi connectivity index (χ3v) is 2.70. The average Bonchev–Trinajstić information content (AvgIpc) is 2.29. The SMILES string of the molecule is CC(N)CCN(C)C(=O)Cc1ccc(F)cc1F. The molecule has 0 aliphatic heterocycles. The Kier molecular flexibility index (Phi) is 5.22. The second-order valence-corrected chi connectivity index (χ2v) is 4.49. The van der Waals surface area contributed by atoms with Gasteiger partial charge >= 0.3 is 0 Å². The van der Waals surface area contributed by atoms with Gasteiger partial charge in [-0.05, 0) is 25.0 Å². The second kappa shape index (κ2) is 6.44. The van der Waals surface area contributed by atoms with Gasteiger partial charge in [-0.1, -0.05) is 6.07 Å². The highest BCUT2D eigenvalue weighted by atomic mass is 19.1. The summed E-state index contributed by atoms with van der Waals surface area (Å²) >= 11 is 0. The lowest BCUT2D eigenvalue weighted by atomic mass is 10.1. The fourth-order valence-electron chi connectivity index (χ4n) is 1.48. The number of nitrogens with zero attached hydrogens (tertiary/aromatic N) is 1. The highest BCUT2D eigenvalue weighted by Crippen LogP contribution is 2.11. The smallest absolute Gasteiger partial charge is 0.226 e. The molecule has 0 aliphatic rings. The van der Waals surface area contributed by atoms with Crippen LogP contribution < -0.4 is 5.73 Å². The van der Waals surface area contributed by atoms with Crippen LogP contribution in [0.2, 0.25) is 0 Å². The van der Waals surface area contributed by atoms with Crippen LogP contribution in [0, 0.1) is 11.6 Å². The average molecular weight is 256 g/mol. The van der Waals surface area contributed by atoms with Crippen LogP contribution in [-0.2, 0) is 11.2 Å². The Morgan fingerprint density at radius 2 is 2.11 bits per heavy atom. The molecule has 1 unspecified atom stereocenters. The van der Waals surface area contributed by atoms with Gasteiger partial charge in [-0.15, -0.1) is 0 Å². The molecule has 0 saturated carbocycles. The number of halogens is 2. The summed E-state index contributed by atoms with van der Waals surface area (Å²) in [5.41, 5.74) is 5.80. The Morgan fingerprint density at radius 1 is 1.44 bits per heavy atom. The first-order valence-electron chi connectivity index (χ1n) is 5.83. The first-order valence-corrected chi connectivity index (χ1v) is 5.83. The van der Waals surface area contributed by atoms with Crippen LogP contribution in [-0.4, -0.2) is 30.4 Å². The summed E-state index contributed by atoms with van der Waals surface area (Å²) < 4.78 is 26.1. The third-order valence-electron chi connectivity index (χ3n) is 2.70. The van der Waals surface area contributed by atoms with Crippen LogP contribution in [0.25, 0.3) is 0 Å². The molecule has 0 radical (unpaired) electrons. The van der Waals surface area contributed by atoms with Crippen molar-refractivity contribution in [2.75, 3.05) is 13.6 Å². The van der Waals surface area contributed by atoms with Crippen LogP contribution in [0.15, 0.2) is 18.2 Å². The molecule has 18 heavy (non-hydrogen) atoms. The summed E-state index contributed by atoms with van der Waals surface area (Å²) in [5, 5.41) is 0. The van der Waals surface area contributed by atoms with E-state index in [0.717, 1.165) is 12.1 Å². The lowest BCUT2D eigenvalue weighted by molar-refractivity contribution is -0.129. The molecule has 1 amide bonds. The van der Waals surface area contributed by atoms with Crippen LogP contribution in [0.4, 0.5) is 8.78 Å². The third kappa shape index (κ3) is 4.41. The molecule has 0 saturated heterocycles. The van der Waals surface area contributed by atoms with Gasteiger partial charge in [0.05, 0.1) is 6.42 Å². The van der Waals surface area contributed by atoms with Gasteiger partial charge in [0.15, 0.2) is 0 Å². The number of carbonyl (C=O) groups excluding carboxylic acids is 1. The van der Waals surface area contributed by atoms with E-state index in [1.165, 1.54) is 11.0 Å². The quantitative estimate of drug-likeness (QED) is 0.871. The summed E-state index contributed by atoms with van der Waals surface area (Å²) in [6.07, 6.45) is 0.621. The Balaban J connectivity index is 2.58. The molecule has 3 nitrogen and oxygen atoms in total. The van der Waals surface area contributed by atoms with E-state index in [4.69, 9.17) is 5.73 Å². The minimum absolute atomic E-state index is 0.0165. The predicted molar refractivity (Wildman–Crippen MR) is 66.0 cm³/mol. The summed E-state index contributed by atoms with van der Waals surface area (Å²) in [4.78, 5) is 13.3. The lowest BCUT2D eigenvalue weighted by Crippen LogP contribution is -2.32. The highest BCUT2D eigenvalue weighted by Gasteiger charge is 2.13. The van der Waals surface area contributed by atoms with Gasteiger partial charge in [0.2, 0.25) is 5.91 Å². The molecule has 1 atom stereocenters. The van der Waals surface area contributed by atoms with Crippen LogP contribution >= 0.6 is 0 Å². The van der Waals surface area contributed by atoms with Gasteiger partial charge in [-0.2, -0.15) is 0 Å². The number of benzene rings is 1. The zero-order valence-electron chi connectivity index (χ0n) is 10.6. The van der Waals surface area contributed by atoms with Gasteiger partial charge in [-0.25, -0.2) is 8.78 Å². The van der Waals surface area contributed by atoms with E-state index < -0.39 is 11.6 Å². The van der Waals surface area contributed by atoms with E-state index in [1.54, 1.807) is 7.05 Å². The molecule has 0 spiro atoms. The van der Waals surface area contributed by atoms with Gasteiger partial charge in [0.25, 0.3) is 0 Å². The number of nitrogens with two attached hydrogens (primary N) is 1. The number of hydrogen-bond acceptors (Lipinski definition) is 2. The maximum atomic E-state index is 13.4. The van der Waals surface area contributed by atoms with Crippen molar-refractivity contribution in [3.05, 3.63) is 35.4 Å². The summed E-state index contributed by atoms with van der Waals surface area (Å²) in [6, 6.07) is 3.24. The van der Waals surface area contributed by atoms with Crippen LogP contribution in [0.3, 0.4) is 0 Å². The fourth-order valence-corrected chi connectivity index (χ4v) is 1.48. The van der Waals surface area contributed by atoms with Crippen LogP contribution in [0.1, 0.15) is 18.9 Å². The lowest BCUT2D eigenvalue weighted by Gasteiger charge is -2.18. The molecule has 1 aromatic rings. The predicted octanol–water partition coefficient (Wildman–Crippen LogP) is 1.70. The minimum atomic E-state index is -0.691. The maximum Gasteiger partial charge on any atom is 0.226 e. The van der Waals surface area contributed by atoms with E-state index in [0.29, 0.717) is 13.0 Å². The number of hydrogen-bond donors (Lipinski definition) is 1. The zero-order chi connectivity index (χ0) is 13.7. The molecule has 0 bridgehead atoms. The number of rotatable bonds is 5. The molecular weight excluding hydrogens is 238 g/mol. The minimum Gasteiger partial charge on any atom is -0.345 e. The Labute approximate surface area is 106 Å². The van der Waals surface area contributed by atoms with Crippen molar-refractivity contribution >= 4 is 5.91 Å². The van der Waals surface area contributed by atoms with Crippen molar-refractivity contribution < 1.29 is 13.6 Å². The van der Waals surface area contributed by atoms with Crippen molar-refractivity contribution in [1.82, 2.24) is 4.90 Å². The zero-order valence-corrected chi connectivity index (χ0v) is 10.6. The molecule has 0 aromatic heterocycles. The molecule has 1 rings (SSSR count). The van der Waals surface area contributed by atoms with Crippen molar-refractivity contribution in [2.45, 2.75) is 25.8 Å². The number of likely N-dealkylation sites (N-methyl/N-ethyl adjacent to an activating group) is 1. The first kappa shape index (κ1) is 14.6. The van der Waals surface area contributed by atoms with Gasteiger partial charge in [0, 0.05) is 25.7 Å². The van der Waals surface area contributed by atoms with Crippen LogP contribution in [0.5, 0.6) is 0 Å². The van der Waals surface area contributed by atoms with E-state index in [-0.39, 0.29) is 23.9 Å². The van der Waals surface area contributed by atoms with E-state index in [2.05, 4.69) is 0 Å². The van der Waals surface area contributed by atoms with Crippen molar-refractivity contribution in [1.29, 1.82) is 0 Å². The summed E-state index contributed by atoms with van der Waals surface area (Å²) in [7, 11) is 1.64. The molecule has 2 N–H and O–H groups in total. The number of amides is 1. The molecule has 0 fully saturated rings. The van der Waals surface area contributed by atoms with E-state index in [9.17, 15) is 13.6 Å². The molecule has 5 heteroatoms. The molecule has 100 valence electrons. The first-order chi connectivity index (χ1) is 8.40. The maximum absolute atomic E-state index is 13.4. The van der Waals surface area contributed by atoms with Gasteiger partial charge in [0.1, 0.15) is 11.6 Å². The summed E-state index contributed by atoms with van der Waals surface area (Å²) in [5.74, 6) is -1.54. The van der Waals surface area contributed by atoms with Crippen molar-refractivity contribution in [3.63, 3.8) is 0 Å².